The first-order chi connectivity index (χ1) is 8.20. The van der Waals surface area contributed by atoms with E-state index in [1.807, 2.05) is 0 Å². The Balaban J connectivity index is 1.86. The molecule has 2 rings (SSSR count). The molecule has 0 aromatic rings. The summed E-state index contributed by atoms with van der Waals surface area (Å²) in [5.41, 5.74) is 5.26. The maximum Gasteiger partial charge on any atom is 0.231 e. The second kappa shape index (κ2) is 5.80. The topological polar surface area (TPSA) is 69.8 Å². The molecule has 2 aliphatic rings. The van der Waals surface area contributed by atoms with E-state index < -0.39 is 0 Å². The Labute approximate surface area is 103 Å². The number of amides is 1. The SMILES string of the molecule is NC(=O)CN1CCCC1CN1CCCC1CO. The molecule has 5 nitrogen and oxygen atoms in total. The fourth-order valence-electron chi connectivity index (χ4n) is 3.12. The molecule has 0 aromatic carbocycles. The molecule has 0 saturated carbocycles. The number of aliphatic hydroxyl groups is 1. The van der Waals surface area contributed by atoms with Gasteiger partial charge in [-0.25, -0.2) is 0 Å². The minimum atomic E-state index is -0.239. The molecule has 0 aliphatic carbocycles. The van der Waals surface area contributed by atoms with Crippen LogP contribution in [0.4, 0.5) is 0 Å². The van der Waals surface area contributed by atoms with Gasteiger partial charge in [-0.2, -0.15) is 0 Å². The Morgan fingerprint density at radius 2 is 1.82 bits per heavy atom. The van der Waals surface area contributed by atoms with Gasteiger partial charge in [0.15, 0.2) is 0 Å². The molecule has 5 heteroatoms. The first-order valence-corrected chi connectivity index (χ1v) is 6.58. The quantitative estimate of drug-likeness (QED) is 0.674. The number of hydrogen-bond donors (Lipinski definition) is 2. The van der Waals surface area contributed by atoms with Crippen LogP contribution in [0.1, 0.15) is 25.7 Å². The van der Waals surface area contributed by atoms with Gasteiger partial charge in [0.25, 0.3) is 0 Å². The molecule has 0 radical (unpaired) electrons. The zero-order chi connectivity index (χ0) is 12.3. The molecule has 3 N–H and O–H groups in total. The standard InChI is InChI=1S/C12H23N3O2/c13-12(17)8-15-6-1-3-10(15)7-14-5-2-4-11(14)9-16/h10-11,16H,1-9H2,(H2,13,17). The fraction of sp³-hybridized carbons (Fsp3) is 0.917. The van der Waals surface area contributed by atoms with Crippen molar-refractivity contribution in [2.45, 2.75) is 37.8 Å². The van der Waals surface area contributed by atoms with E-state index in [4.69, 9.17) is 5.73 Å². The van der Waals surface area contributed by atoms with Crippen molar-refractivity contribution in [3.05, 3.63) is 0 Å². The Bertz CT molecular complexity index is 272. The van der Waals surface area contributed by atoms with Crippen LogP contribution in [0.25, 0.3) is 0 Å². The average Bonchev–Trinajstić information content (AvgIpc) is 2.88. The second-order valence-electron chi connectivity index (χ2n) is 5.21. The zero-order valence-corrected chi connectivity index (χ0v) is 10.3. The third-order valence-corrected chi connectivity index (χ3v) is 4.01. The van der Waals surface area contributed by atoms with E-state index in [0.717, 1.165) is 38.9 Å². The average molecular weight is 241 g/mol. The molecule has 2 unspecified atom stereocenters. The van der Waals surface area contributed by atoms with Gasteiger partial charge in [0.1, 0.15) is 0 Å². The Kier molecular flexibility index (Phi) is 4.36. The van der Waals surface area contributed by atoms with E-state index >= 15 is 0 Å². The summed E-state index contributed by atoms with van der Waals surface area (Å²) in [6.07, 6.45) is 4.56. The number of carbonyl (C=O) groups excluding carboxylic acids is 1. The van der Waals surface area contributed by atoms with E-state index in [9.17, 15) is 9.90 Å². The van der Waals surface area contributed by atoms with Crippen LogP contribution < -0.4 is 5.73 Å². The number of rotatable bonds is 5. The predicted molar refractivity (Wildman–Crippen MR) is 65.5 cm³/mol. The van der Waals surface area contributed by atoms with Gasteiger partial charge in [-0.15, -0.1) is 0 Å². The molecular weight excluding hydrogens is 218 g/mol. The van der Waals surface area contributed by atoms with Crippen molar-refractivity contribution in [1.82, 2.24) is 9.80 Å². The van der Waals surface area contributed by atoms with Crippen molar-refractivity contribution in [3.63, 3.8) is 0 Å². The highest BCUT2D eigenvalue weighted by atomic mass is 16.3. The highest BCUT2D eigenvalue weighted by Gasteiger charge is 2.31. The third-order valence-electron chi connectivity index (χ3n) is 4.01. The van der Waals surface area contributed by atoms with E-state index in [-0.39, 0.29) is 12.5 Å². The Morgan fingerprint density at radius 3 is 2.47 bits per heavy atom. The predicted octanol–water partition coefficient (Wildman–Crippen LogP) is -0.607. The first-order valence-electron chi connectivity index (χ1n) is 6.58. The van der Waals surface area contributed by atoms with Gasteiger partial charge in [0.2, 0.25) is 5.91 Å². The molecule has 2 atom stereocenters. The normalized spacial score (nSPS) is 31.1. The minimum absolute atomic E-state index is 0.239. The summed E-state index contributed by atoms with van der Waals surface area (Å²) in [5, 5.41) is 9.29. The van der Waals surface area contributed by atoms with Crippen molar-refractivity contribution < 1.29 is 9.90 Å². The lowest BCUT2D eigenvalue weighted by atomic mass is 10.2. The highest BCUT2D eigenvalue weighted by molar-refractivity contribution is 5.76. The lowest BCUT2D eigenvalue weighted by Crippen LogP contribution is -2.45. The lowest BCUT2D eigenvalue weighted by molar-refractivity contribution is -0.119. The molecule has 2 fully saturated rings. The molecule has 0 spiro atoms. The Hall–Kier alpha value is -0.650. The summed E-state index contributed by atoms with van der Waals surface area (Å²) < 4.78 is 0. The van der Waals surface area contributed by atoms with Gasteiger partial charge in [0.05, 0.1) is 13.2 Å². The number of likely N-dealkylation sites (tertiary alicyclic amines) is 2. The van der Waals surface area contributed by atoms with Crippen molar-refractivity contribution in [2.24, 2.45) is 5.73 Å². The molecular formula is C12H23N3O2. The molecule has 2 saturated heterocycles. The minimum Gasteiger partial charge on any atom is -0.395 e. The largest absolute Gasteiger partial charge is 0.395 e. The zero-order valence-electron chi connectivity index (χ0n) is 10.3. The summed E-state index contributed by atoms with van der Waals surface area (Å²) in [6, 6.07) is 0.765. The summed E-state index contributed by atoms with van der Waals surface area (Å²) in [6.45, 7) is 3.65. The van der Waals surface area contributed by atoms with Gasteiger partial charge < -0.3 is 10.8 Å². The number of primary amides is 1. The highest BCUT2D eigenvalue weighted by Crippen LogP contribution is 2.22. The van der Waals surface area contributed by atoms with E-state index in [1.165, 1.54) is 6.42 Å². The van der Waals surface area contributed by atoms with E-state index in [1.54, 1.807) is 0 Å². The fourth-order valence-corrected chi connectivity index (χ4v) is 3.12. The number of hydrogen-bond acceptors (Lipinski definition) is 4. The van der Waals surface area contributed by atoms with Crippen LogP contribution in [-0.4, -0.2) is 65.7 Å². The van der Waals surface area contributed by atoms with Crippen LogP contribution in [0.15, 0.2) is 0 Å². The molecule has 98 valence electrons. The molecule has 0 bridgehead atoms. The van der Waals surface area contributed by atoms with Crippen molar-refractivity contribution in [3.8, 4) is 0 Å². The van der Waals surface area contributed by atoms with E-state index in [0.29, 0.717) is 18.6 Å². The smallest absolute Gasteiger partial charge is 0.231 e. The van der Waals surface area contributed by atoms with Crippen molar-refractivity contribution >= 4 is 5.91 Å². The van der Waals surface area contributed by atoms with Crippen LogP contribution >= 0.6 is 0 Å². The van der Waals surface area contributed by atoms with Crippen LogP contribution in [0.2, 0.25) is 0 Å². The van der Waals surface area contributed by atoms with Gasteiger partial charge in [-0.3, -0.25) is 14.6 Å². The number of nitrogens with zero attached hydrogens (tertiary/aromatic N) is 2. The van der Waals surface area contributed by atoms with Gasteiger partial charge >= 0.3 is 0 Å². The summed E-state index contributed by atoms with van der Waals surface area (Å²) in [4.78, 5) is 15.5. The Morgan fingerprint density at radius 1 is 1.18 bits per heavy atom. The second-order valence-corrected chi connectivity index (χ2v) is 5.21. The van der Waals surface area contributed by atoms with Gasteiger partial charge in [-0.1, -0.05) is 0 Å². The lowest BCUT2D eigenvalue weighted by Gasteiger charge is -2.30. The molecule has 17 heavy (non-hydrogen) atoms. The summed E-state index contributed by atoms with van der Waals surface area (Å²) >= 11 is 0. The van der Waals surface area contributed by atoms with Crippen LogP contribution in [0.5, 0.6) is 0 Å². The van der Waals surface area contributed by atoms with Crippen LogP contribution in [0.3, 0.4) is 0 Å². The molecule has 0 aromatic heterocycles. The van der Waals surface area contributed by atoms with Crippen molar-refractivity contribution in [1.29, 1.82) is 0 Å². The molecule has 2 aliphatic heterocycles. The summed E-state index contributed by atoms with van der Waals surface area (Å²) in [7, 11) is 0. The molecule has 1 amide bonds. The van der Waals surface area contributed by atoms with Crippen molar-refractivity contribution in [2.75, 3.05) is 32.8 Å². The van der Waals surface area contributed by atoms with Crippen LogP contribution in [-0.2, 0) is 4.79 Å². The summed E-state index contributed by atoms with van der Waals surface area (Å²) in [5.74, 6) is -0.239. The number of carbonyl (C=O) groups is 1. The first kappa shape index (κ1) is 12.8. The number of nitrogens with two attached hydrogens (primary N) is 1. The van der Waals surface area contributed by atoms with Gasteiger partial charge in [0, 0.05) is 18.6 Å². The monoisotopic (exact) mass is 241 g/mol. The third kappa shape index (κ3) is 3.18. The maximum absolute atomic E-state index is 11.0. The maximum atomic E-state index is 11.0. The van der Waals surface area contributed by atoms with Crippen LogP contribution in [0, 0.1) is 0 Å². The number of aliphatic hydroxyl groups excluding tert-OH is 1. The molecule has 2 heterocycles. The van der Waals surface area contributed by atoms with Gasteiger partial charge in [-0.05, 0) is 38.8 Å². The van der Waals surface area contributed by atoms with E-state index in [2.05, 4.69) is 9.80 Å².